The van der Waals surface area contributed by atoms with Gasteiger partial charge in [-0.25, -0.2) is 4.52 Å². The molecule has 0 spiro atoms. The third-order valence-electron chi connectivity index (χ3n) is 5.59. The minimum Gasteiger partial charge on any atom is -0.338 e. The Labute approximate surface area is 177 Å². The second kappa shape index (κ2) is 7.50. The van der Waals surface area contributed by atoms with Gasteiger partial charge >= 0.3 is 0 Å². The largest absolute Gasteiger partial charge is 0.338 e. The normalized spacial score (nSPS) is 16.7. The fraction of sp³-hybridized carbons (Fsp3) is 0.318. The molecular formula is C22H22N6O3. The van der Waals surface area contributed by atoms with Crippen LogP contribution in [0.1, 0.15) is 46.2 Å². The van der Waals surface area contributed by atoms with Gasteiger partial charge in [0.05, 0.1) is 0 Å². The summed E-state index contributed by atoms with van der Waals surface area (Å²) in [5.41, 5.74) is 3.09. The molecule has 9 nitrogen and oxygen atoms in total. The lowest BCUT2D eigenvalue weighted by Crippen LogP contribution is -2.39. The summed E-state index contributed by atoms with van der Waals surface area (Å²) in [7, 11) is 0. The minimum absolute atomic E-state index is 0.0114. The molecule has 1 N–H and O–H groups in total. The molecule has 1 amide bonds. The van der Waals surface area contributed by atoms with Gasteiger partial charge in [0.2, 0.25) is 0 Å². The third-order valence-corrected chi connectivity index (χ3v) is 5.59. The number of hydrogen-bond acceptors (Lipinski definition) is 6. The molecule has 4 aromatic rings. The zero-order valence-electron chi connectivity index (χ0n) is 17.3. The molecule has 1 fully saturated rings. The van der Waals surface area contributed by atoms with E-state index in [1.807, 2.05) is 36.1 Å². The number of piperidine rings is 1. The molecule has 1 saturated heterocycles. The Kier molecular flexibility index (Phi) is 4.65. The molecule has 1 atom stereocenters. The molecule has 9 heteroatoms. The monoisotopic (exact) mass is 418 g/mol. The first-order valence-electron chi connectivity index (χ1n) is 10.3. The standard InChI is InChI=1S/C22H22N6O3/c1-13-5-3-6-15(9-13)22(30)27-8-4-7-16(12-27)19-24-21(31-26-19)17-10-18-20(29)23-14(2)11-28(18)25-17/h3,5-6,9-11,16H,4,7-8,12H2,1-2H3,(H,23,29). The quantitative estimate of drug-likeness (QED) is 0.548. The van der Waals surface area contributed by atoms with Gasteiger partial charge in [-0.3, -0.25) is 9.59 Å². The van der Waals surface area contributed by atoms with Gasteiger partial charge in [-0.2, -0.15) is 10.1 Å². The van der Waals surface area contributed by atoms with E-state index in [1.54, 1.807) is 19.2 Å². The van der Waals surface area contributed by atoms with Crippen molar-refractivity contribution in [1.82, 2.24) is 29.6 Å². The van der Waals surface area contributed by atoms with Crippen molar-refractivity contribution in [2.75, 3.05) is 13.1 Å². The van der Waals surface area contributed by atoms with E-state index >= 15 is 0 Å². The Balaban J connectivity index is 1.37. The van der Waals surface area contributed by atoms with Crippen LogP contribution in [0, 0.1) is 13.8 Å². The molecule has 0 aliphatic carbocycles. The molecule has 0 bridgehead atoms. The maximum absolute atomic E-state index is 12.9. The van der Waals surface area contributed by atoms with Crippen LogP contribution in [0.25, 0.3) is 17.1 Å². The predicted octanol–water partition coefficient (Wildman–Crippen LogP) is 2.71. The van der Waals surface area contributed by atoms with Gasteiger partial charge in [0.25, 0.3) is 17.4 Å². The highest BCUT2D eigenvalue weighted by atomic mass is 16.5. The van der Waals surface area contributed by atoms with E-state index in [0.717, 1.165) is 18.4 Å². The van der Waals surface area contributed by atoms with Crippen molar-refractivity contribution >= 4 is 11.4 Å². The average Bonchev–Trinajstić information content (AvgIpc) is 3.41. The molecular weight excluding hydrogens is 396 g/mol. The number of rotatable bonds is 3. The molecule has 1 unspecified atom stereocenters. The maximum Gasteiger partial charge on any atom is 0.278 e. The molecule has 1 aliphatic rings. The molecule has 1 aliphatic heterocycles. The van der Waals surface area contributed by atoms with Crippen LogP contribution in [0.5, 0.6) is 0 Å². The van der Waals surface area contributed by atoms with Crippen LogP contribution in [0.2, 0.25) is 0 Å². The Morgan fingerprint density at radius 2 is 2.13 bits per heavy atom. The summed E-state index contributed by atoms with van der Waals surface area (Å²) in [4.78, 5) is 34.2. The van der Waals surface area contributed by atoms with Crippen LogP contribution in [-0.4, -0.2) is 48.6 Å². The number of aryl methyl sites for hydroxylation is 2. The number of carbonyl (C=O) groups is 1. The first kappa shape index (κ1) is 19.2. The number of amides is 1. The number of nitrogens with one attached hydrogen (secondary N) is 1. The summed E-state index contributed by atoms with van der Waals surface area (Å²) in [6.45, 7) is 5.02. The minimum atomic E-state index is -0.226. The fourth-order valence-corrected chi connectivity index (χ4v) is 4.06. The molecule has 158 valence electrons. The molecule has 1 aromatic carbocycles. The average molecular weight is 418 g/mol. The van der Waals surface area contributed by atoms with Gasteiger partial charge in [0.1, 0.15) is 5.52 Å². The predicted molar refractivity (Wildman–Crippen MR) is 113 cm³/mol. The summed E-state index contributed by atoms with van der Waals surface area (Å²) in [5.74, 6) is 0.825. The summed E-state index contributed by atoms with van der Waals surface area (Å²) in [6, 6.07) is 9.26. The summed E-state index contributed by atoms with van der Waals surface area (Å²) < 4.78 is 6.96. The van der Waals surface area contributed by atoms with E-state index in [2.05, 4.69) is 20.2 Å². The summed E-state index contributed by atoms with van der Waals surface area (Å²) in [5, 5.41) is 8.54. The van der Waals surface area contributed by atoms with Crippen LogP contribution in [0.15, 0.2) is 45.8 Å². The van der Waals surface area contributed by atoms with E-state index in [0.29, 0.717) is 41.4 Å². The summed E-state index contributed by atoms with van der Waals surface area (Å²) >= 11 is 0. The van der Waals surface area contributed by atoms with Gasteiger partial charge < -0.3 is 14.4 Å². The van der Waals surface area contributed by atoms with Crippen LogP contribution >= 0.6 is 0 Å². The van der Waals surface area contributed by atoms with E-state index in [9.17, 15) is 9.59 Å². The second-order valence-corrected chi connectivity index (χ2v) is 8.04. The lowest BCUT2D eigenvalue weighted by atomic mass is 9.96. The number of carbonyl (C=O) groups excluding carboxylic acids is 1. The van der Waals surface area contributed by atoms with Crippen LogP contribution in [0.4, 0.5) is 0 Å². The number of aromatic nitrogens is 5. The van der Waals surface area contributed by atoms with Gasteiger partial charge in [0, 0.05) is 42.5 Å². The Morgan fingerprint density at radius 1 is 1.26 bits per heavy atom. The number of aromatic amines is 1. The van der Waals surface area contributed by atoms with Gasteiger partial charge in [-0.15, -0.1) is 0 Å². The maximum atomic E-state index is 12.9. The fourth-order valence-electron chi connectivity index (χ4n) is 4.06. The SMILES string of the molecule is Cc1cccc(C(=O)N2CCCC(c3noc(-c4cc5c(=O)[nH]c(C)cn5n4)n3)C2)c1. The van der Waals surface area contributed by atoms with Crippen molar-refractivity contribution in [3.8, 4) is 11.6 Å². The second-order valence-electron chi connectivity index (χ2n) is 8.04. The van der Waals surface area contributed by atoms with Crippen molar-refractivity contribution in [2.24, 2.45) is 0 Å². The Bertz CT molecular complexity index is 1330. The van der Waals surface area contributed by atoms with Gasteiger partial charge in [-0.1, -0.05) is 22.9 Å². The van der Waals surface area contributed by atoms with E-state index < -0.39 is 0 Å². The smallest absolute Gasteiger partial charge is 0.278 e. The van der Waals surface area contributed by atoms with Gasteiger partial charge in [-0.05, 0) is 38.8 Å². The number of hydrogen-bond donors (Lipinski definition) is 1. The van der Waals surface area contributed by atoms with E-state index in [-0.39, 0.29) is 23.3 Å². The van der Waals surface area contributed by atoms with Crippen molar-refractivity contribution < 1.29 is 9.32 Å². The number of fused-ring (bicyclic) bond motifs is 1. The van der Waals surface area contributed by atoms with Crippen molar-refractivity contribution in [3.63, 3.8) is 0 Å². The molecule has 0 saturated carbocycles. The highest BCUT2D eigenvalue weighted by molar-refractivity contribution is 5.94. The van der Waals surface area contributed by atoms with Crippen LogP contribution < -0.4 is 5.56 Å². The Morgan fingerprint density at radius 3 is 2.97 bits per heavy atom. The first-order valence-corrected chi connectivity index (χ1v) is 10.3. The zero-order chi connectivity index (χ0) is 21.5. The molecule has 31 heavy (non-hydrogen) atoms. The lowest BCUT2D eigenvalue weighted by molar-refractivity contribution is 0.0703. The van der Waals surface area contributed by atoms with E-state index in [4.69, 9.17) is 4.52 Å². The zero-order valence-corrected chi connectivity index (χ0v) is 17.3. The van der Waals surface area contributed by atoms with Crippen molar-refractivity contribution in [2.45, 2.75) is 32.6 Å². The highest BCUT2D eigenvalue weighted by Crippen LogP contribution is 2.28. The van der Waals surface area contributed by atoms with Crippen LogP contribution in [-0.2, 0) is 0 Å². The van der Waals surface area contributed by atoms with Crippen molar-refractivity contribution in [1.29, 1.82) is 0 Å². The van der Waals surface area contributed by atoms with Crippen LogP contribution in [0.3, 0.4) is 0 Å². The molecule has 3 aromatic heterocycles. The third kappa shape index (κ3) is 3.63. The number of benzene rings is 1. The van der Waals surface area contributed by atoms with Crippen molar-refractivity contribution in [3.05, 3.63) is 69.5 Å². The molecule has 5 rings (SSSR count). The first-order chi connectivity index (χ1) is 15.0. The lowest BCUT2D eigenvalue weighted by Gasteiger charge is -2.31. The molecule has 0 radical (unpaired) electrons. The molecule has 4 heterocycles. The topological polar surface area (TPSA) is 109 Å². The number of H-pyrrole nitrogens is 1. The summed E-state index contributed by atoms with van der Waals surface area (Å²) in [6.07, 6.45) is 3.48. The number of nitrogens with zero attached hydrogens (tertiary/aromatic N) is 5. The van der Waals surface area contributed by atoms with E-state index in [1.165, 1.54) is 4.52 Å². The Hall–Kier alpha value is -3.75. The van der Waals surface area contributed by atoms with Gasteiger partial charge in [0.15, 0.2) is 11.5 Å². The number of likely N-dealkylation sites (tertiary alicyclic amines) is 1. The highest BCUT2D eigenvalue weighted by Gasteiger charge is 2.29.